The number of hydrazine groups is 1. The molecule has 2 aliphatic rings. The van der Waals surface area contributed by atoms with Crippen molar-refractivity contribution in [3.8, 4) is 5.75 Å². The molecule has 0 saturated heterocycles. The molecule has 5 aromatic rings. The van der Waals surface area contributed by atoms with E-state index >= 15 is 0 Å². The Kier molecular flexibility index (Phi) is 11.0. The number of fused-ring (bicyclic) bond motifs is 3. The number of anilines is 5. The van der Waals surface area contributed by atoms with Gasteiger partial charge >= 0.3 is 11.9 Å². The van der Waals surface area contributed by atoms with Crippen LogP contribution in [0.4, 0.5) is 28.4 Å². The average Bonchev–Trinajstić information content (AvgIpc) is 3.65. The first-order valence-electron chi connectivity index (χ1n) is 18.8. The number of carbonyl (C=O) groups excluding carboxylic acids is 1. The predicted octanol–water partition coefficient (Wildman–Crippen LogP) is 8.82. The number of para-hydroxylation sites is 1. The summed E-state index contributed by atoms with van der Waals surface area (Å²) in [6.07, 6.45) is 9.41. The Labute approximate surface area is 331 Å². The van der Waals surface area contributed by atoms with Crippen LogP contribution in [-0.4, -0.2) is 54.2 Å². The van der Waals surface area contributed by atoms with Gasteiger partial charge in [0.2, 0.25) is 5.88 Å². The Bertz CT molecular complexity index is 2390. The van der Waals surface area contributed by atoms with Crippen molar-refractivity contribution in [2.45, 2.75) is 38.1 Å². The number of benzene rings is 5. The molecule has 2 heterocycles. The van der Waals surface area contributed by atoms with Gasteiger partial charge in [-0.05, 0) is 89.1 Å². The molecule has 0 saturated carbocycles. The molecule has 0 bridgehead atoms. The van der Waals surface area contributed by atoms with Crippen LogP contribution in [0, 0.1) is 0 Å². The van der Waals surface area contributed by atoms with Crippen LogP contribution in [-0.2, 0) is 15.0 Å². The van der Waals surface area contributed by atoms with Gasteiger partial charge in [0.25, 0.3) is 5.91 Å². The predicted molar refractivity (Wildman–Crippen MR) is 226 cm³/mol. The molecule has 1 atom stereocenters. The Balaban J connectivity index is 1.08. The van der Waals surface area contributed by atoms with Gasteiger partial charge in [0.05, 0.1) is 35.9 Å². The molecule has 0 spiro atoms. The first kappa shape index (κ1) is 38.3. The molecule has 11 nitrogen and oxygen atoms in total. The molecule has 0 aliphatic carbocycles. The van der Waals surface area contributed by atoms with Gasteiger partial charge < -0.3 is 40.5 Å². The van der Waals surface area contributed by atoms with Crippen molar-refractivity contribution in [2.75, 3.05) is 45.7 Å². The number of ether oxygens (including phenoxy) is 1. The highest BCUT2D eigenvalue weighted by Gasteiger charge is 2.43. The average molecular weight is 764 g/mol. The second-order valence-corrected chi connectivity index (χ2v) is 14.6. The third-order valence-electron chi connectivity index (χ3n) is 10.5. The maximum absolute atomic E-state index is 13.8. The number of nitrogens with one attached hydrogen (secondary N) is 2. The number of carbonyl (C=O) groups is 3. The molecule has 1 amide bonds. The van der Waals surface area contributed by atoms with E-state index in [9.17, 15) is 24.6 Å². The second-order valence-electron chi connectivity index (χ2n) is 14.6. The van der Waals surface area contributed by atoms with Crippen LogP contribution >= 0.6 is 0 Å². The lowest BCUT2D eigenvalue weighted by molar-refractivity contribution is -0.137. The summed E-state index contributed by atoms with van der Waals surface area (Å²) in [4.78, 5) is 42.7. The third-order valence-corrected chi connectivity index (χ3v) is 10.5. The topological polar surface area (TPSA) is 135 Å². The van der Waals surface area contributed by atoms with Crippen LogP contribution in [0.15, 0.2) is 145 Å². The number of aliphatic carboxylic acids is 2. The summed E-state index contributed by atoms with van der Waals surface area (Å²) >= 11 is 0. The monoisotopic (exact) mass is 763 g/mol. The summed E-state index contributed by atoms with van der Waals surface area (Å²) in [5.41, 5.74) is 11.6. The van der Waals surface area contributed by atoms with E-state index in [0.29, 0.717) is 23.7 Å². The minimum Gasteiger partial charge on any atom is -0.481 e. The van der Waals surface area contributed by atoms with Gasteiger partial charge in [0.1, 0.15) is 0 Å². The Morgan fingerprint density at radius 2 is 1.40 bits per heavy atom. The van der Waals surface area contributed by atoms with Crippen molar-refractivity contribution in [1.82, 2.24) is 0 Å². The van der Waals surface area contributed by atoms with Crippen LogP contribution in [0.5, 0.6) is 5.75 Å². The van der Waals surface area contributed by atoms with Crippen molar-refractivity contribution < 1.29 is 29.3 Å². The summed E-state index contributed by atoms with van der Waals surface area (Å²) in [5, 5.41) is 21.1. The van der Waals surface area contributed by atoms with E-state index in [4.69, 9.17) is 4.74 Å². The normalized spacial score (nSPS) is 16.2. The largest absolute Gasteiger partial charge is 0.481 e. The zero-order valence-corrected chi connectivity index (χ0v) is 32.1. The minimum absolute atomic E-state index is 0.0456. The summed E-state index contributed by atoms with van der Waals surface area (Å²) in [5.74, 6) is -0.753. The standard InChI is InChI=1S/C46H45N5O6/c1-46(2)37-28-33(45(56)49(3)36-21-19-35(20-22-36)48-47-34-14-6-4-7-15-34)18-23-38(37)50(26-24-43(52)53)41(46)16-8-5-9-17-42-51(27-25-44(54)55)39-29-31-12-10-11-13-32(31)30-40(39)57-42/h4-23,28-30,41,47-48H,24-27H2,1-3H3,(H,52,53)(H,54,55)/b9-5+,16-8+,42-17-. The van der Waals surface area contributed by atoms with E-state index in [1.54, 1.807) is 18.0 Å². The Morgan fingerprint density at radius 3 is 2.11 bits per heavy atom. The SMILES string of the molecule is CN(C(=O)c1ccc2c(c1)C(C)(C)C(/C=C/C=C/C=C1\Oc3cc4ccccc4cc3N1CCC(=O)O)N2CCC(=O)O)c1ccc(NNc2ccccc2)cc1. The fraction of sp³-hybridized carbons (Fsp3) is 0.196. The van der Waals surface area contributed by atoms with E-state index in [1.165, 1.54) is 0 Å². The smallest absolute Gasteiger partial charge is 0.305 e. The first-order chi connectivity index (χ1) is 27.5. The van der Waals surface area contributed by atoms with Crippen molar-refractivity contribution in [3.05, 3.63) is 157 Å². The van der Waals surface area contributed by atoms with Crippen LogP contribution < -0.4 is 30.3 Å². The highest BCUT2D eigenvalue weighted by atomic mass is 16.5. The molecule has 0 radical (unpaired) electrons. The highest BCUT2D eigenvalue weighted by Crippen LogP contribution is 2.46. The van der Waals surface area contributed by atoms with Crippen LogP contribution in [0.1, 0.15) is 42.6 Å². The number of carboxylic acids is 2. The molecule has 4 N–H and O–H groups in total. The highest BCUT2D eigenvalue weighted by molar-refractivity contribution is 6.06. The van der Waals surface area contributed by atoms with Crippen molar-refractivity contribution in [1.29, 1.82) is 0 Å². The number of carboxylic acid groups (broad SMARTS) is 2. The molecular weight excluding hydrogens is 719 g/mol. The van der Waals surface area contributed by atoms with Crippen molar-refractivity contribution in [3.63, 3.8) is 0 Å². The van der Waals surface area contributed by atoms with E-state index in [2.05, 4.69) is 29.6 Å². The fourth-order valence-electron chi connectivity index (χ4n) is 7.42. The van der Waals surface area contributed by atoms with Crippen molar-refractivity contribution >= 4 is 57.1 Å². The molecule has 0 fully saturated rings. The van der Waals surface area contributed by atoms with Crippen LogP contribution in [0.2, 0.25) is 0 Å². The number of hydrogen-bond donors (Lipinski definition) is 4. The number of hydrogen-bond acceptors (Lipinski definition) is 8. The van der Waals surface area contributed by atoms with E-state index in [0.717, 1.165) is 44.8 Å². The summed E-state index contributed by atoms with van der Waals surface area (Å²) in [6.45, 7) is 4.75. The number of amides is 1. The van der Waals surface area contributed by atoms with Gasteiger partial charge in [0, 0.05) is 42.5 Å². The molecule has 5 aromatic carbocycles. The van der Waals surface area contributed by atoms with Gasteiger partial charge in [-0.15, -0.1) is 0 Å². The molecule has 1 unspecified atom stereocenters. The van der Waals surface area contributed by atoms with Gasteiger partial charge in [-0.25, -0.2) is 0 Å². The summed E-state index contributed by atoms with van der Waals surface area (Å²) in [6, 6.07) is 34.7. The number of nitrogens with zero attached hydrogens (tertiary/aromatic N) is 3. The van der Waals surface area contributed by atoms with Crippen molar-refractivity contribution in [2.24, 2.45) is 0 Å². The van der Waals surface area contributed by atoms with Gasteiger partial charge in [-0.2, -0.15) is 0 Å². The quantitative estimate of drug-likeness (QED) is 0.0642. The molecule has 57 heavy (non-hydrogen) atoms. The zero-order valence-electron chi connectivity index (χ0n) is 32.1. The lowest BCUT2D eigenvalue weighted by atomic mass is 9.79. The minimum atomic E-state index is -0.895. The molecule has 290 valence electrons. The van der Waals surface area contributed by atoms with Crippen LogP contribution in [0.3, 0.4) is 0 Å². The first-order valence-corrected chi connectivity index (χ1v) is 18.8. The van der Waals surface area contributed by atoms with Crippen LogP contribution in [0.25, 0.3) is 10.8 Å². The van der Waals surface area contributed by atoms with Gasteiger partial charge in [0.15, 0.2) is 5.75 Å². The molecule has 7 rings (SSSR count). The molecule has 0 aromatic heterocycles. The Hall–Kier alpha value is -7.01. The van der Waals surface area contributed by atoms with E-state index in [-0.39, 0.29) is 31.3 Å². The maximum Gasteiger partial charge on any atom is 0.305 e. The van der Waals surface area contributed by atoms with Gasteiger partial charge in [-0.3, -0.25) is 14.4 Å². The second kappa shape index (κ2) is 16.4. The molecule has 2 aliphatic heterocycles. The fourth-order valence-corrected chi connectivity index (χ4v) is 7.42. The maximum atomic E-state index is 13.8. The summed E-state index contributed by atoms with van der Waals surface area (Å²) in [7, 11) is 1.75. The number of rotatable bonds is 14. The van der Waals surface area contributed by atoms with E-state index in [1.807, 2.05) is 138 Å². The van der Waals surface area contributed by atoms with E-state index < -0.39 is 17.4 Å². The number of allylic oxidation sites excluding steroid dienone is 4. The molecule has 11 heteroatoms. The van der Waals surface area contributed by atoms with Gasteiger partial charge in [-0.1, -0.05) is 80.6 Å². The summed E-state index contributed by atoms with van der Waals surface area (Å²) < 4.78 is 6.21. The zero-order chi connectivity index (χ0) is 40.1. The lowest BCUT2D eigenvalue weighted by Gasteiger charge is -2.32. The lowest BCUT2D eigenvalue weighted by Crippen LogP contribution is -2.41. The Morgan fingerprint density at radius 1 is 0.754 bits per heavy atom. The third kappa shape index (κ3) is 8.33. The molecular formula is C46H45N5O6.